The average molecular weight is 975 g/mol. The van der Waals surface area contributed by atoms with Gasteiger partial charge in [0.05, 0.1) is 0 Å². The molecule has 4 rings (SSSR count). The monoisotopic (exact) mass is 974 g/mol. The van der Waals surface area contributed by atoms with Gasteiger partial charge in [0.1, 0.15) is 0 Å². The van der Waals surface area contributed by atoms with Crippen molar-refractivity contribution >= 4 is 75.7 Å². The Kier molecular flexibility index (Phi) is 25.0. The smallest absolute Gasteiger partial charge is 0 e. The van der Waals surface area contributed by atoms with E-state index in [0.29, 0.717) is 45.3 Å². The first-order chi connectivity index (χ1) is 27.0. The van der Waals surface area contributed by atoms with Crippen molar-refractivity contribution in [2.45, 2.75) is 184 Å². The maximum atomic E-state index is 5.33. The van der Waals surface area contributed by atoms with Crippen LogP contribution in [-0.4, -0.2) is 45.3 Å². The first kappa shape index (κ1) is 57.2. The van der Waals surface area contributed by atoms with Crippen LogP contribution in [0, 0.1) is 27.7 Å². The van der Waals surface area contributed by atoms with Crippen LogP contribution in [-0.2, 0) is 33.6 Å². The molecule has 0 aliphatic rings. The van der Waals surface area contributed by atoms with Gasteiger partial charge in [0.25, 0.3) is 0 Å². The number of hydrogen-bond acceptors (Lipinski definition) is 0. The normalized spacial score (nSPS) is 11.9. The Bertz CT molecular complexity index is 1600. The third-order valence-corrected chi connectivity index (χ3v) is 23.1. The standard InChI is InChI=1S/2C26H40NP2.2Co/c2*1-17(2)28(18(3)4)25-15-21(9)11-13-23(25)27-24-14-12-22(10)16-26(24)29(19(5)6)20(7)8;;/h2*11-20H,1-10H3;;/q2*-1;;. The van der Waals surface area contributed by atoms with E-state index in [0.717, 1.165) is 0 Å². The molecular weight excluding hydrogens is 894 g/mol. The van der Waals surface area contributed by atoms with Crippen molar-refractivity contribution in [1.29, 1.82) is 0 Å². The van der Waals surface area contributed by atoms with Crippen molar-refractivity contribution in [3.05, 3.63) is 106 Å². The Balaban J connectivity index is 0.000000581. The van der Waals surface area contributed by atoms with E-state index in [1.165, 1.54) is 66.2 Å². The van der Waals surface area contributed by atoms with Gasteiger partial charge in [-0.2, -0.15) is 0 Å². The quantitative estimate of drug-likeness (QED) is 0.100. The van der Waals surface area contributed by atoms with Crippen molar-refractivity contribution in [3.8, 4) is 0 Å². The average Bonchev–Trinajstić information content (AvgIpc) is 3.08. The van der Waals surface area contributed by atoms with E-state index < -0.39 is 0 Å². The summed E-state index contributed by atoms with van der Waals surface area (Å²) < 4.78 is 0. The van der Waals surface area contributed by atoms with Gasteiger partial charge in [-0.3, -0.25) is 0 Å². The topological polar surface area (TPSA) is 28.2 Å². The van der Waals surface area contributed by atoms with Gasteiger partial charge < -0.3 is 10.6 Å². The second kappa shape index (κ2) is 26.2. The SMILES string of the molecule is Cc1ccc([N-]c2ccc(C)cc2P(C(C)C)C(C)C)c(P(C(C)C)C(C)C)c1.Cc1ccc([N-]c2ccc(C)cc2P(C(C)C)C(C)C)c(P(C(C)C)C(C)C)c1.[Co].[Co]. The molecule has 0 amide bonds. The molecule has 0 unspecified atom stereocenters. The minimum absolute atomic E-state index is 0. The Morgan fingerprint density at radius 3 is 0.567 bits per heavy atom. The van der Waals surface area contributed by atoms with Gasteiger partial charge in [0.2, 0.25) is 0 Å². The van der Waals surface area contributed by atoms with Crippen LogP contribution in [0.5, 0.6) is 0 Å². The Morgan fingerprint density at radius 1 is 0.283 bits per heavy atom. The van der Waals surface area contributed by atoms with Crippen LogP contribution < -0.4 is 21.2 Å². The summed E-state index contributed by atoms with van der Waals surface area (Å²) in [5.41, 5.74) is 15.3. The number of hydrogen-bond donors (Lipinski definition) is 0. The van der Waals surface area contributed by atoms with Gasteiger partial charge in [-0.15, -0.1) is 22.7 Å². The summed E-state index contributed by atoms with van der Waals surface area (Å²) in [7, 11) is -1.01. The summed E-state index contributed by atoms with van der Waals surface area (Å²) in [4.78, 5) is 0. The van der Waals surface area contributed by atoms with Crippen molar-refractivity contribution in [1.82, 2.24) is 0 Å². The third kappa shape index (κ3) is 15.7. The fraction of sp³-hybridized carbons (Fsp3) is 0.538. The zero-order valence-electron chi connectivity index (χ0n) is 40.9. The van der Waals surface area contributed by atoms with Gasteiger partial charge in [0.15, 0.2) is 0 Å². The molecule has 2 radical (unpaired) electrons. The molecule has 0 fully saturated rings. The maximum absolute atomic E-state index is 5.33. The summed E-state index contributed by atoms with van der Waals surface area (Å²) in [6.45, 7) is 46.7. The fourth-order valence-corrected chi connectivity index (χ4v) is 20.8. The van der Waals surface area contributed by atoms with Crippen molar-refractivity contribution in [3.63, 3.8) is 0 Å². The van der Waals surface area contributed by atoms with Gasteiger partial charge >= 0.3 is 0 Å². The molecule has 0 atom stereocenters. The third-order valence-electron chi connectivity index (χ3n) is 10.6. The number of nitrogens with zero attached hydrogens (tertiary/aromatic N) is 2. The van der Waals surface area contributed by atoms with Crippen LogP contribution in [0.25, 0.3) is 10.6 Å². The van der Waals surface area contributed by atoms with Crippen molar-refractivity contribution in [2.24, 2.45) is 0 Å². The van der Waals surface area contributed by atoms with E-state index in [9.17, 15) is 0 Å². The molecule has 0 aromatic heterocycles. The van der Waals surface area contributed by atoms with Crippen LogP contribution in [0.1, 0.15) is 133 Å². The number of benzene rings is 4. The molecular formula is C52H80Co2N2P4-2. The van der Waals surface area contributed by atoms with Crippen molar-refractivity contribution < 1.29 is 33.6 Å². The van der Waals surface area contributed by atoms with Crippen LogP contribution >= 0.6 is 31.7 Å². The zero-order chi connectivity index (χ0) is 43.8. The van der Waals surface area contributed by atoms with Gasteiger partial charge in [-0.05, 0) is 94.2 Å². The molecule has 4 aromatic rings. The summed E-state index contributed by atoms with van der Waals surface area (Å²) in [6, 6.07) is 27.5. The predicted octanol–water partition coefficient (Wildman–Crippen LogP) is 17.0. The Morgan fingerprint density at radius 2 is 0.433 bits per heavy atom. The number of aryl methyl sites for hydroxylation is 4. The molecule has 0 saturated heterocycles. The number of rotatable bonds is 16. The summed E-state index contributed by atoms with van der Waals surface area (Å²) in [5, 5.41) is 16.5. The molecule has 0 spiro atoms. The largest absolute Gasteiger partial charge is 0.657 e. The van der Waals surface area contributed by atoms with Crippen LogP contribution in [0.4, 0.5) is 22.7 Å². The van der Waals surface area contributed by atoms with E-state index >= 15 is 0 Å². The molecule has 0 saturated carbocycles. The van der Waals surface area contributed by atoms with E-state index in [-0.39, 0.29) is 65.2 Å². The van der Waals surface area contributed by atoms with E-state index in [1.807, 2.05) is 0 Å². The molecule has 60 heavy (non-hydrogen) atoms. The summed E-state index contributed by atoms with van der Waals surface area (Å²) >= 11 is 0. The van der Waals surface area contributed by atoms with E-state index in [2.05, 4.69) is 211 Å². The second-order valence-electron chi connectivity index (χ2n) is 18.6. The van der Waals surface area contributed by atoms with Crippen LogP contribution in [0.3, 0.4) is 0 Å². The predicted molar refractivity (Wildman–Crippen MR) is 277 cm³/mol. The Hall–Kier alpha value is -0.787. The molecule has 0 heterocycles. The summed E-state index contributed by atoms with van der Waals surface area (Å²) in [5.74, 6) is 0. The molecule has 338 valence electrons. The van der Waals surface area contributed by atoms with E-state index in [1.54, 1.807) is 0 Å². The van der Waals surface area contributed by atoms with Crippen LogP contribution in [0.2, 0.25) is 0 Å². The molecule has 0 aliphatic carbocycles. The molecule has 2 nitrogen and oxygen atoms in total. The van der Waals surface area contributed by atoms with Crippen LogP contribution in [0.15, 0.2) is 72.8 Å². The zero-order valence-corrected chi connectivity index (χ0v) is 46.6. The molecule has 4 aromatic carbocycles. The summed E-state index contributed by atoms with van der Waals surface area (Å²) in [6.07, 6.45) is 0. The Labute approximate surface area is 396 Å². The molecule has 0 bridgehead atoms. The fourth-order valence-electron chi connectivity index (χ4n) is 8.61. The molecule has 8 heteroatoms. The van der Waals surface area contributed by atoms with Gasteiger partial charge in [-0.25, -0.2) is 0 Å². The van der Waals surface area contributed by atoms with Gasteiger partial charge in [-0.1, -0.05) is 238 Å². The second-order valence-corrected chi connectivity index (χ2v) is 32.0. The molecule has 0 N–H and O–H groups in total. The minimum Gasteiger partial charge on any atom is -0.657 e. The minimum atomic E-state index is -0.251. The van der Waals surface area contributed by atoms with E-state index in [4.69, 9.17) is 10.6 Å². The van der Waals surface area contributed by atoms with Crippen molar-refractivity contribution in [2.75, 3.05) is 0 Å². The molecule has 0 aliphatic heterocycles. The van der Waals surface area contributed by atoms with Gasteiger partial charge in [0, 0.05) is 33.6 Å². The first-order valence-corrected chi connectivity index (χ1v) is 28.0. The maximum Gasteiger partial charge on any atom is 0 e. The first-order valence-electron chi connectivity index (χ1n) is 22.0.